The van der Waals surface area contributed by atoms with E-state index in [4.69, 9.17) is 5.11 Å². The highest BCUT2D eigenvalue weighted by atomic mass is 16.4. The number of nitrogens with one attached hydrogen (secondary N) is 2. The third-order valence-corrected chi connectivity index (χ3v) is 2.29. The smallest absolute Gasteiger partial charge is 0.307 e. The highest BCUT2D eigenvalue weighted by Gasteiger charge is 2.09. The molecule has 0 saturated carbocycles. The van der Waals surface area contributed by atoms with Gasteiger partial charge in [-0.15, -0.1) is 0 Å². The van der Waals surface area contributed by atoms with E-state index in [0.717, 1.165) is 24.3 Å². The Morgan fingerprint density at radius 3 is 3.00 bits per heavy atom. The van der Waals surface area contributed by atoms with Gasteiger partial charge < -0.3 is 15.7 Å². The number of aliphatic imine (C=N–C) groups is 1. The van der Waals surface area contributed by atoms with Gasteiger partial charge >= 0.3 is 5.97 Å². The number of hydrogen-bond acceptors (Lipinski definition) is 4. The molecule has 1 aliphatic heterocycles. The van der Waals surface area contributed by atoms with Gasteiger partial charge in [0.1, 0.15) is 0 Å². The molecule has 16 heavy (non-hydrogen) atoms. The number of anilines is 1. The van der Waals surface area contributed by atoms with Crippen molar-refractivity contribution in [3.63, 3.8) is 0 Å². The Kier molecular flexibility index (Phi) is 3.05. The average Bonchev–Trinajstić information content (AvgIpc) is 2.73. The van der Waals surface area contributed by atoms with Crippen molar-refractivity contribution in [2.24, 2.45) is 4.99 Å². The molecule has 1 heterocycles. The largest absolute Gasteiger partial charge is 0.481 e. The molecule has 5 heteroatoms. The van der Waals surface area contributed by atoms with Crippen LogP contribution in [0.3, 0.4) is 0 Å². The standard InChI is InChI=1S/C11H13N3O2/c15-10(16)7-8-3-1-2-4-9(8)14-11-12-5-6-13-11/h1-4H,5-7H2,(H,15,16)(H2,12,13,14). The third kappa shape index (κ3) is 2.50. The molecule has 0 saturated heterocycles. The molecule has 5 nitrogen and oxygen atoms in total. The quantitative estimate of drug-likeness (QED) is 0.699. The van der Waals surface area contributed by atoms with E-state index in [1.54, 1.807) is 6.07 Å². The molecule has 0 spiro atoms. The number of carbonyl (C=O) groups is 1. The number of nitrogens with zero attached hydrogens (tertiary/aromatic N) is 1. The minimum Gasteiger partial charge on any atom is -0.481 e. The molecule has 0 bridgehead atoms. The Labute approximate surface area is 93.2 Å². The van der Waals surface area contributed by atoms with Crippen LogP contribution in [-0.4, -0.2) is 30.1 Å². The number of hydrogen-bond donors (Lipinski definition) is 3. The van der Waals surface area contributed by atoms with E-state index in [1.165, 1.54) is 0 Å². The first-order chi connectivity index (χ1) is 7.75. The first-order valence-corrected chi connectivity index (χ1v) is 5.11. The Morgan fingerprint density at radius 1 is 1.50 bits per heavy atom. The fraction of sp³-hybridized carbons (Fsp3) is 0.273. The van der Waals surface area contributed by atoms with Crippen molar-refractivity contribution in [1.29, 1.82) is 0 Å². The molecule has 2 rings (SSSR count). The molecule has 84 valence electrons. The van der Waals surface area contributed by atoms with Crippen molar-refractivity contribution in [3.05, 3.63) is 29.8 Å². The summed E-state index contributed by atoms with van der Waals surface area (Å²) in [5.41, 5.74) is 1.55. The number of carboxylic acid groups (broad SMARTS) is 1. The minimum atomic E-state index is -0.837. The van der Waals surface area contributed by atoms with Crippen LogP contribution < -0.4 is 10.6 Å². The topological polar surface area (TPSA) is 73.7 Å². The van der Waals surface area contributed by atoms with Gasteiger partial charge in [0.2, 0.25) is 0 Å². The summed E-state index contributed by atoms with van der Waals surface area (Å²) in [5.74, 6) is -0.131. The summed E-state index contributed by atoms with van der Waals surface area (Å²) in [6, 6.07) is 7.34. The first-order valence-electron chi connectivity index (χ1n) is 5.11. The molecule has 0 amide bonds. The molecule has 1 aromatic rings. The van der Waals surface area contributed by atoms with Crippen molar-refractivity contribution in [3.8, 4) is 0 Å². The first kappa shape index (κ1) is 10.5. The zero-order valence-electron chi connectivity index (χ0n) is 8.73. The summed E-state index contributed by atoms with van der Waals surface area (Å²) in [6.07, 6.45) is 0.0104. The molecule has 1 aromatic carbocycles. The zero-order chi connectivity index (χ0) is 11.4. The molecule has 0 aliphatic carbocycles. The van der Waals surface area contributed by atoms with Crippen molar-refractivity contribution >= 4 is 17.6 Å². The van der Waals surface area contributed by atoms with Crippen LogP contribution in [0.25, 0.3) is 0 Å². The minimum absolute atomic E-state index is 0.0104. The van der Waals surface area contributed by atoms with Crippen LogP contribution in [0.2, 0.25) is 0 Å². The highest BCUT2D eigenvalue weighted by molar-refractivity contribution is 5.95. The summed E-state index contributed by atoms with van der Waals surface area (Å²) < 4.78 is 0. The van der Waals surface area contributed by atoms with Gasteiger partial charge in [-0.1, -0.05) is 18.2 Å². The predicted octanol–water partition coefficient (Wildman–Crippen LogP) is 0.685. The Balaban J connectivity index is 2.15. The van der Waals surface area contributed by atoms with E-state index in [2.05, 4.69) is 15.6 Å². The van der Waals surface area contributed by atoms with E-state index in [-0.39, 0.29) is 6.42 Å². The maximum Gasteiger partial charge on any atom is 0.307 e. The lowest BCUT2D eigenvalue weighted by atomic mass is 10.1. The van der Waals surface area contributed by atoms with E-state index >= 15 is 0 Å². The van der Waals surface area contributed by atoms with Gasteiger partial charge in [-0.25, -0.2) is 0 Å². The van der Waals surface area contributed by atoms with E-state index in [1.807, 2.05) is 18.2 Å². The van der Waals surface area contributed by atoms with Gasteiger partial charge in [-0.3, -0.25) is 9.79 Å². The monoisotopic (exact) mass is 219 g/mol. The van der Waals surface area contributed by atoms with Crippen LogP contribution in [-0.2, 0) is 11.2 Å². The Morgan fingerprint density at radius 2 is 2.31 bits per heavy atom. The van der Waals surface area contributed by atoms with Gasteiger partial charge in [0, 0.05) is 12.2 Å². The summed E-state index contributed by atoms with van der Waals surface area (Å²) in [6.45, 7) is 1.58. The number of aliphatic carboxylic acids is 1. The van der Waals surface area contributed by atoms with E-state index in [0.29, 0.717) is 5.96 Å². The summed E-state index contributed by atoms with van der Waals surface area (Å²) in [5, 5.41) is 14.9. The van der Waals surface area contributed by atoms with Crippen LogP contribution in [0.4, 0.5) is 5.69 Å². The maximum atomic E-state index is 10.7. The fourth-order valence-corrected chi connectivity index (χ4v) is 1.57. The second-order valence-corrected chi connectivity index (χ2v) is 3.51. The maximum absolute atomic E-state index is 10.7. The third-order valence-electron chi connectivity index (χ3n) is 2.29. The molecular weight excluding hydrogens is 206 g/mol. The van der Waals surface area contributed by atoms with Crippen LogP contribution in [0.5, 0.6) is 0 Å². The predicted molar refractivity (Wildman–Crippen MR) is 61.7 cm³/mol. The van der Waals surface area contributed by atoms with Crippen molar-refractivity contribution in [2.45, 2.75) is 6.42 Å². The Hall–Kier alpha value is -2.04. The van der Waals surface area contributed by atoms with Crippen LogP contribution in [0, 0.1) is 0 Å². The molecule has 1 aliphatic rings. The number of benzene rings is 1. The number of carboxylic acids is 1. The SMILES string of the molecule is O=C(O)Cc1ccccc1NC1=NCCN1. The van der Waals surface area contributed by atoms with Gasteiger partial charge in [0.25, 0.3) is 0 Å². The highest BCUT2D eigenvalue weighted by Crippen LogP contribution is 2.15. The van der Waals surface area contributed by atoms with Crippen LogP contribution in [0.1, 0.15) is 5.56 Å². The normalized spacial score (nSPS) is 14.1. The fourth-order valence-electron chi connectivity index (χ4n) is 1.57. The van der Waals surface area contributed by atoms with Gasteiger partial charge in [0.15, 0.2) is 5.96 Å². The number of para-hydroxylation sites is 1. The number of guanidine groups is 1. The molecule has 0 unspecified atom stereocenters. The molecular formula is C11H13N3O2. The van der Waals surface area contributed by atoms with Gasteiger partial charge in [0.05, 0.1) is 13.0 Å². The lowest BCUT2D eigenvalue weighted by Gasteiger charge is -2.10. The van der Waals surface area contributed by atoms with Gasteiger partial charge in [-0.05, 0) is 11.6 Å². The van der Waals surface area contributed by atoms with Crippen molar-refractivity contribution in [2.75, 3.05) is 18.4 Å². The molecule has 0 atom stereocenters. The lowest BCUT2D eigenvalue weighted by Crippen LogP contribution is -2.26. The summed E-state index contributed by atoms with van der Waals surface area (Å²) in [7, 11) is 0. The Bertz CT molecular complexity index is 429. The average molecular weight is 219 g/mol. The summed E-state index contributed by atoms with van der Waals surface area (Å²) >= 11 is 0. The second-order valence-electron chi connectivity index (χ2n) is 3.51. The van der Waals surface area contributed by atoms with Crippen LogP contribution in [0.15, 0.2) is 29.3 Å². The van der Waals surface area contributed by atoms with Crippen LogP contribution >= 0.6 is 0 Å². The summed E-state index contributed by atoms with van der Waals surface area (Å²) in [4.78, 5) is 14.9. The lowest BCUT2D eigenvalue weighted by molar-refractivity contribution is -0.136. The zero-order valence-corrected chi connectivity index (χ0v) is 8.73. The second kappa shape index (κ2) is 4.65. The molecule has 0 fully saturated rings. The van der Waals surface area contributed by atoms with E-state index in [9.17, 15) is 4.79 Å². The molecule has 3 N–H and O–H groups in total. The van der Waals surface area contributed by atoms with Crippen molar-refractivity contribution < 1.29 is 9.90 Å². The van der Waals surface area contributed by atoms with Gasteiger partial charge in [-0.2, -0.15) is 0 Å². The molecule has 0 radical (unpaired) electrons. The molecule has 0 aromatic heterocycles. The number of rotatable bonds is 3. The van der Waals surface area contributed by atoms with Crippen molar-refractivity contribution in [1.82, 2.24) is 5.32 Å². The van der Waals surface area contributed by atoms with E-state index < -0.39 is 5.97 Å².